The maximum Gasteiger partial charge on any atom is 0.348 e. The first-order chi connectivity index (χ1) is 16.7. The van der Waals surface area contributed by atoms with Crippen molar-refractivity contribution in [2.24, 2.45) is 5.41 Å². The Kier molecular flexibility index (Phi) is 7.66. The first-order valence-electron chi connectivity index (χ1n) is 12.2. The number of rotatable bonds is 7. The van der Waals surface area contributed by atoms with Crippen LogP contribution in [-0.2, 0) is 11.3 Å². The van der Waals surface area contributed by atoms with Gasteiger partial charge < -0.3 is 20.1 Å². The normalized spacial score (nSPS) is 20.3. The molecule has 2 N–H and O–H groups in total. The third kappa shape index (κ3) is 6.98. The third-order valence-corrected chi connectivity index (χ3v) is 7.19. The van der Waals surface area contributed by atoms with Crippen LogP contribution in [0.15, 0.2) is 24.4 Å². The molecule has 2 aromatic heterocycles. The SMILES string of the molecule is CC(C)(C)C#Cc1cc(N[C@H]2CC[C@H](Oc3cc(CN4CCCC4=O)ccn3)CC2)c(C(=O)O)s1. The molecule has 0 spiro atoms. The highest BCUT2D eigenvalue weighted by molar-refractivity contribution is 7.15. The summed E-state index contributed by atoms with van der Waals surface area (Å²) in [4.78, 5) is 31.0. The van der Waals surface area contributed by atoms with Crippen molar-refractivity contribution in [3.05, 3.63) is 39.7 Å². The molecule has 1 aliphatic heterocycles. The van der Waals surface area contributed by atoms with E-state index in [1.807, 2.05) is 43.9 Å². The Labute approximate surface area is 210 Å². The van der Waals surface area contributed by atoms with E-state index in [1.165, 1.54) is 11.3 Å². The van der Waals surface area contributed by atoms with Gasteiger partial charge in [0.2, 0.25) is 11.8 Å². The lowest BCUT2D eigenvalue weighted by Crippen LogP contribution is -2.31. The highest BCUT2D eigenvalue weighted by atomic mass is 32.1. The molecule has 2 fully saturated rings. The maximum absolute atomic E-state index is 11.9. The molecule has 0 aromatic carbocycles. The summed E-state index contributed by atoms with van der Waals surface area (Å²) in [7, 11) is 0. The number of hydrogen-bond acceptors (Lipinski definition) is 6. The molecule has 4 rings (SSSR count). The number of hydrogen-bond donors (Lipinski definition) is 2. The lowest BCUT2D eigenvalue weighted by atomic mass is 9.92. The number of pyridine rings is 1. The molecule has 186 valence electrons. The van der Waals surface area contributed by atoms with Crippen molar-refractivity contribution < 1.29 is 19.4 Å². The summed E-state index contributed by atoms with van der Waals surface area (Å²) in [6.07, 6.45) is 6.84. The monoisotopic (exact) mass is 495 g/mol. The number of carboxylic acid groups (broad SMARTS) is 1. The quantitative estimate of drug-likeness (QED) is 0.516. The van der Waals surface area contributed by atoms with Crippen LogP contribution in [0.5, 0.6) is 5.88 Å². The van der Waals surface area contributed by atoms with Crippen molar-refractivity contribution >= 4 is 28.9 Å². The minimum absolute atomic E-state index is 0.0684. The molecular formula is C27H33N3O4S. The van der Waals surface area contributed by atoms with Gasteiger partial charge in [0.15, 0.2) is 0 Å². The van der Waals surface area contributed by atoms with Crippen LogP contribution in [0.25, 0.3) is 0 Å². The molecule has 1 saturated carbocycles. The van der Waals surface area contributed by atoms with E-state index in [0.29, 0.717) is 29.4 Å². The fourth-order valence-corrected chi connectivity index (χ4v) is 5.20. The Morgan fingerprint density at radius 2 is 2.06 bits per heavy atom. The molecule has 1 aliphatic carbocycles. The minimum Gasteiger partial charge on any atom is -0.477 e. The van der Waals surface area contributed by atoms with Gasteiger partial charge in [-0.1, -0.05) is 11.8 Å². The van der Waals surface area contributed by atoms with Crippen LogP contribution >= 0.6 is 11.3 Å². The number of carbonyl (C=O) groups is 2. The van der Waals surface area contributed by atoms with Gasteiger partial charge >= 0.3 is 5.97 Å². The summed E-state index contributed by atoms with van der Waals surface area (Å²) in [6.45, 7) is 7.51. The molecule has 2 aromatic rings. The molecule has 0 unspecified atom stereocenters. The number of likely N-dealkylation sites (tertiary alicyclic amines) is 1. The highest BCUT2D eigenvalue weighted by Gasteiger charge is 2.25. The second-order valence-corrected chi connectivity index (χ2v) is 11.4. The molecular weight excluding hydrogens is 462 g/mol. The number of carbonyl (C=O) groups excluding carboxylic acids is 1. The van der Waals surface area contributed by atoms with E-state index in [0.717, 1.165) is 49.1 Å². The standard InChI is InChI=1S/C27H33N3O4S/c1-27(2,3)12-10-21-16-22(25(35-21)26(32)33)29-19-6-8-20(9-7-19)34-23-15-18(11-13-28-23)17-30-14-4-5-24(30)31/h11,13,15-16,19-20,29H,4-9,14,17H2,1-3H3,(H,32,33)/t19-,20-. The van der Waals surface area contributed by atoms with Crippen LogP contribution in [0.2, 0.25) is 0 Å². The van der Waals surface area contributed by atoms with Gasteiger partial charge in [0.25, 0.3) is 0 Å². The second-order valence-electron chi connectivity index (χ2n) is 10.3. The smallest absolute Gasteiger partial charge is 0.348 e. The molecule has 3 heterocycles. The van der Waals surface area contributed by atoms with Crippen LogP contribution in [0.3, 0.4) is 0 Å². The highest BCUT2D eigenvalue weighted by Crippen LogP contribution is 2.31. The Morgan fingerprint density at radius 1 is 1.29 bits per heavy atom. The second kappa shape index (κ2) is 10.7. The first kappa shape index (κ1) is 25.1. The number of amides is 1. The topological polar surface area (TPSA) is 91.8 Å². The average molecular weight is 496 g/mol. The Morgan fingerprint density at radius 3 is 2.71 bits per heavy atom. The van der Waals surface area contributed by atoms with E-state index >= 15 is 0 Å². The van der Waals surface area contributed by atoms with Crippen LogP contribution < -0.4 is 10.1 Å². The average Bonchev–Trinajstić information content (AvgIpc) is 3.39. The largest absolute Gasteiger partial charge is 0.477 e. The van der Waals surface area contributed by atoms with Crippen LogP contribution in [0, 0.1) is 17.3 Å². The summed E-state index contributed by atoms with van der Waals surface area (Å²) in [6, 6.07) is 5.91. The van der Waals surface area contributed by atoms with Gasteiger partial charge in [0.1, 0.15) is 11.0 Å². The maximum atomic E-state index is 11.9. The van der Waals surface area contributed by atoms with Crippen molar-refractivity contribution in [2.75, 3.05) is 11.9 Å². The van der Waals surface area contributed by atoms with Crippen molar-refractivity contribution in [3.8, 4) is 17.7 Å². The van der Waals surface area contributed by atoms with Gasteiger partial charge in [-0.25, -0.2) is 9.78 Å². The Balaban J connectivity index is 1.32. The zero-order chi connectivity index (χ0) is 25.0. The van der Waals surface area contributed by atoms with E-state index in [4.69, 9.17) is 4.74 Å². The molecule has 0 radical (unpaired) electrons. The predicted molar refractivity (Wildman–Crippen MR) is 137 cm³/mol. The number of nitrogens with zero attached hydrogens (tertiary/aromatic N) is 2. The fraction of sp³-hybridized carbons (Fsp3) is 0.519. The van der Waals surface area contributed by atoms with Crippen molar-refractivity contribution in [2.45, 2.75) is 78.0 Å². The van der Waals surface area contributed by atoms with Crippen LogP contribution in [0.4, 0.5) is 5.69 Å². The Bertz CT molecular complexity index is 1130. The summed E-state index contributed by atoms with van der Waals surface area (Å²) in [5.41, 5.74) is 1.54. The number of carboxylic acids is 1. The zero-order valence-electron chi connectivity index (χ0n) is 20.6. The number of thiophene rings is 1. The molecule has 1 amide bonds. The van der Waals surface area contributed by atoms with E-state index < -0.39 is 5.97 Å². The lowest BCUT2D eigenvalue weighted by Gasteiger charge is -2.29. The van der Waals surface area contributed by atoms with Crippen molar-refractivity contribution in [1.29, 1.82) is 0 Å². The van der Waals surface area contributed by atoms with E-state index in [2.05, 4.69) is 22.1 Å². The van der Waals surface area contributed by atoms with E-state index in [1.54, 1.807) is 6.20 Å². The van der Waals surface area contributed by atoms with Gasteiger partial charge in [0.05, 0.1) is 10.6 Å². The van der Waals surface area contributed by atoms with Gasteiger partial charge in [-0.2, -0.15) is 0 Å². The molecule has 7 nitrogen and oxygen atoms in total. The minimum atomic E-state index is -0.931. The summed E-state index contributed by atoms with van der Waals surface area (Å²) >= 11 is 1.22. The molecule has 35 heavy (non-hydrogen) atoms. The third-order valence-electron chi connectivity index (χ3n) is 6.15. The number of anilines is 1. The molecule has 0 atom stereocenters. The van der Waals surface area contributed by atoms with Crippen LogP contribution in [-0.4, -0.2) is 45.6 Å². The summed E-state index contributed by atoms with van der Waals surface area (Å²) < 4.78 is 6.16. The predicted octanol–water partition coefficient (Wildman–Crippen LogP) is 5.16. The molecule has 0 bridgehead atoms. The van der Waals surface area contributed by atoms with E-state index in [-0.39, 0.29) is 23.5 Å². The number of nitrogens with one attached hydrogen (secondary N) is 1. The fourth-order valence-electron chi connectivity index (χ4n) is 4.39. The number of aromatic nitrogens is 1. The van der Waals surface area contributed by atoms with Crippen molar-refractivity contribution in [3.63, 3.8) is 0 Å². The summed E-state index contributed by atoms with van der Waals surface area (Å²) in [5, 5.41) is 13.1. The lowest BCUT2D eigenvalue weighted by molar-refractivity contribution is -0.128. The number of aromatic carboxylic acids is 1. The zero-order valence-corrected chi connectivity index (χ0v) is 21.4. The van der Waals surface area contributed by atoms with Gasteiger partial charge in [-0.3, -0.25) is 4.79 Å². The van der Waals surface area contributed by atoms with E-state index in [9.17, 15) is 14.7 Å². The summed E-state index contributed by atoms with van der Waals surface area (Å²) in [5.74, 6) is 6.17. The molecule has 2 aliphatic rings. The van der Waals surface area contributed by atoms with Crippen molar-refractivity contribution in [1.82, 2.24) is 9.88 Å². The number of ether oxygens (including phenoxy) is 1. The van der Waals surface area contributed by atoms with Gasteiger partial charge in [-0.05, 0) is 70.6 Å². The molecule has 1 saturated heterocycles. The first-order valence-corrected chi connectivity index (χ1v) is 13.0. The Hall–Kier alpha value is -3.05. The van der Waals surface area contributed by atoms with Gasteiger partial charge in [0, 0.05) is 43.2 Å². The molecule has 8 heteroatoms. The van der Waals surface area contributed by atoms with Crippen LogP contribution in [0.1, 0.15) is 79.4 Å². The van der Waals surface area contributed by atoms with Gasteiger partial charge in [-0.15, -0.1) is 11.3 Å².